The molecule has 0 atom stereocenters. The summed E-state index contributed by atoms with van der Waals surface area (Å²) in [6.45, 7) is 0.878. The van der Waals surface area contributed by atoms with Gasteiger partial charge in [-0.25, -0.2) is 0 Å². The van der Waals surface area contributed by atoms with Gasteiger partial charge in [0.05, 0.1) is 6.61 Å². The van der Waals surface area contributed by atoms with Gasteiger partial charge in [0.15, 0.2) is 0 Å². The largest absolute Gasteiger partial charge is 0.365 e. The molecule has 0 unspecified atom stereocenters. The van der Waals surface area contributed by atoms with Gasteiger partial charge in [0, 0.05) is 0 Å². The molecule has 0 aromatic heterocycles. The van der Waals surface area contributed by atoms with E-state index >= 15 is 0 Å². The molecular weight excluding hydrogens is 124 g/mol. The molecule has 0 aliphatic heterocycles. The van der Waals surface area contributed by atoms with Crippen LogP contribution in [0.3, 0.4) is 0 Å². The van der Waals surface area contributed by atoms with Gasteiger partial charge < -0.3 is 4.74 Å². The van der Waals surface area contributed by atoms with Crippen LogP contribution in [0, 0.1) is 5.92 Å². The molecule has 0 N–H and O–H groups in total. The zero-order chi connectivity index (χ0) is 5.82. The van der Waals surface area contributed by atoms with Crippen molar-refractivity contribution in [3.63, 3.8) is 0 Å². The van der Waals surface area contributed by atoms with Crippen LogP contribution in [0.1, 0.15) is 19.3 Å². The predicted molar refractivity (Wildman–Crippen MR) is 34.0 cm³/mol. The minimum Gasteiger partial charge on any atom is -0.365 e. The van der Waals surface area contributed by atoms with Crippen molar-refractivity contribution >= 4 is 11.6 Å². The molecule has 48 valence electrons. The first-order valence-corrected chi connectivity index (χ1v) is 3.60. The van der Waals surface area contributed by atoms with Crippen LogP contribution in [0.2, 0.25) is 0 Å². The lowest BCUT2D eigenvalue weighted by Gasteiger charge is -2.24. The number of rotatable bonds is 3. The fraction of sp³-hybridized carbons (Fsp3) is 1.00. The van der Waals surface area contributed by atoms with Crippen molar-refractivity contribution in [3.05, 3.63) is 0 Å². The summed E-state index contributed by atoms with van der Waals surface area (Å²) < 4.78 is 5.00. The van der Waals surface area contributed by atoms with Gasteiger partial charge in [0.2, 0.25) is 0 Å². The van der Waals surface area contributed by atoms with E-state index in [1.807, 2.05) is 0 Å². The summed E-state index contributed by atoms with van der Waals surface area (Å²) >= 11 is 5.30. The summed E-state index contributed by atoms with van der Waals surface area (Å²) in [7, 11) is 0. The highest BCUT2D eigenvalue weighted by Gasteiger charge is 2.16. The van der Waals surface area contributed by atoms with Crippen molar-refractivity contribution < 1.29 is 4.74 Å². The summed E-state index contributed by atoms with van der Waals surface area (Å²) in [6, 6.07) is 0.358. The Morgan fingerprint density at radius 1 is 1.50 bits per heavy atom. The van der Waals surface area contributed by atoms with E-state index in [2.05, 4.69) is 0 Å². The third kappa shape index (κ3) is 1.64. The van der Waals surface area contributed by atoms with Crippen LogP contribution in [-0.2, 0) is 4.74 Å². The maximum atomic E-state index is 5.30. The molecule has 1 aliphatic rings. The first kappa shape index (κ1) is 6.37. The van der Waals surface area contributed by atoms with Crippen LogP contribution in [0.4, 0.5) is 0 Å². The van der Waals surface area contributed by atoms with E-state index in [4.69, 9.17) is 16.3 Å². The van der Waals surface area contributed by atoms with E-state index in [1.54, 1.807) is 0 Å². The maximum absolute atomic E-state index is 5.30. The highest BCUT2D eigenvalue weighted by atomic mass is 35.5. The molecular formula is C6H11ClO. The highest BCUT2D eigenvalue weighted by molar-refractivity contribution is 6.17. The lowest BCUT2D eigenvalue weighted by atomic mass is 9.86. The summed E-state index contributed by atoms with van der Waals surface area (Å²) in [4.78, 5) is 0. The second-order valence-electron chi connectivity index (χ2n) is 2.28. The SMILES string of the molecule is ClCOCC1CCC1. The molecule has 0 saturated heterocycles. The third-order valence-corrected chi connectivity index (χ3v) is 1.81. The number of ether oxygens (including phenoxy) is 1. The van der Waals surface area contributed by atoms with E-state index in [0.717, 1.165) is 12.5 Å². The molecule has 1 fully saturated rings. The van der Waals surface area contributed by atoms with Crippen molar-refractivity contribution in [3.8, 4) is 0 Å². The number of hydrogen-bond donors (Lipinski definition) is 0. The molecule has 8 heavy (non-hydrogen) atoms. The zero-order valence-corrected chi connectivity index (χ0v) is 5.66. The van der Waals surface area contributed by atoms with Crippen LogP contribution in [0.5, 0.6) is 0 Å². The summed E-state index contributed by atoms with van der Waals surface area (Å²) in [5.41, 5.74) is 0. The van der Waals surface area contributed by atoms with Crippen LogP contribution >= 0.6 is 11.6 Å². The predicted octanol–water partition coefficient (Wildman–Crippen LogP) is 2.00. The van der Waals surface area contributed by atoms with Gasteiger partial charge in [-0.3, -0.25) is 0 Å². The van der Waals surface area contributed by atoms with E-state index in [1.165, 1.54) is 19.3 Å². The quantitative estimate of drug-likeness (QED) is 0.537. The Kier molecular flexibility index (Phi) is 2.64. The topological polar surface area (TPSA) is 9.23 Å². The molecule has 0 aromatic carbocycles. The van der Waals surface area contributed by atoms with E-state index in [0.29, 0.717) is 6.07 Å². The smallest absolute Gasteiger partial charge is 0.120 e. The normalized spacial score (nSPS) is 20.6. The lowest BCUT2D eigenvalue weighted by molar-refractivity contribution is 0.0992. The molecule has 1 saturated carbocycles. The maximum Gasteiger partial charge on any atom is 0.120 e. The summed E-state index contributed by atoms with van der Waals surface area (Å²) in [5.74, 6) is 0.828. The van der Waals surface area contributed by atoms with E-state index in [9.17, 15) is 0 Å². The fourth-order valence-electron chi connectivity index (χ4n) is 0.871. The van der Waals surface area contributed by atoms with Crippen LogP contribution < -0.4 is 0 Å². The second-order valence-corrected chi connectivity index (χ2v) is 2.50. The molecule has 0 heterocycles. The fourth-order valence-corrected chi connectivity index (χ4v) is 0.960. The Labute approximate surface area is 55.0 Å². The summed E-state index contributed by atoms with van der Waals surface area (Å²) in [5, 5.41) is 0. The molecule has 0 amide bonds. The average molecular weight is 135 g/mol. The highest BCUT2D eigenvalue weighted by Crippen LogP contribution is 2.26. The van der Waals surface area contributed by atoms with Crippen molar-refractivity contribution in [1.29, 1.82) is 0 Å². The third-order valence-electron chi connectivity index (χ3n) is 1.66. The van der Waals surface area contributed by atoms with Gasteiger partial charge in [-0.15, -0.1) is 0 Å². The zero-order valence-electron chi connectivity index (χ0n) is 4.90. The van der Waals surface area contributed by atoms with Gasteiger partial charge in [-0.2, -0.15) is 0 Å². The number of hydrogen-bond acceptors (Lipinski definition) is 1. The monoisotopic (exact) mass is 134 g/mol. The van der Waals surface area contributed by atoms with Crippen LogP contribution in [0.15, 0.2) is 0 Å². The van der Waals surface area contributed by atoms with Gasteiger partial charge in [-0.05, 0) is 18.8 Å². The minimum atomic E-state index is 0.358. The first-order valence-electron chi connectivity index (χ1n) is 3.07. The Hall–Kier alpha value is 0.250. The Morgan fingerprint density at radius 3 is 2.62 bits per heavy atom. The standard InChI is InChI=1S/C6H11ClO/c7-5-8-4-6-2-1-3-6/h6H,1-5H2. The van der Waals surface area contributed by atoms with Crippen molar-refractivity contribution in [1.82, 2.24) is 0 Å². The molecule has 1 rings (SSSR count). The number of alkyl halides is 1. The number of halogens is 1. The molecule has 0 bridgehead atoms. The molecule has 0 radical (unpaired) electrons. The molecule has 1 nitrogen and oxygen atoms in total. The Balaban J connectivity index is 1.86. The van der Waals surface area contributed by atoms with Gasteiger partial charge in [-0.1, -0.05) is 18.0 Å². The second kappa shape index (κ2) is 3.31. The van der Waals surface area contributed by atoms with Crippen LogP contribution in [-0.4, -0.2) is 12.7 Å². The van der Waals surface area contributed by atoms with Gasteiger partial charge in [0.25, 0.3) is 0 Å². The van der Waals surface area contributed by atoms with E-state index < -0.39 is 0 Å². The van der Waals surface area contributed by atoms with Crippen molar-refractivity contribution in [2.75, 3.05) is 12.7 Å². The summed E-state index contributed by atoms with van der Waals surface area (Å²) in [6.07, 6.45) is 4.07. The molecule has 0 spiro atoms. The Morgan fingerprint density at radius 2 is 2.25 bits per heavy atom. The van der Waals surface area contributed by atoms with Crippen molar-refractivity contribution in [2.45, 2.75) is 19.3 Å². The minimum absolute atomic E-state index is 0.358. The van der Waals surface area contributed by atoms with Crippen LogP contribution in [0.25, 0.3) is 0 Å². The average Bonchev–Trinajstić information content (AvgIpc) is 1.63. The van der Waals surface area contributed by atoms with Gasteiger partial charge in [0.1, 0.15) is 6.07 Å². The molecule has 0 aromatic rings. The van der Waals surface area contributed by atoms with Crippen molar-refractivity contribution in [2.24, 2.45) is 5.92 Å². The Bertz CT molecular complexity index is 61.5. The molecule has 1 aliphatic carbocycles. The lowest BCUT2D eigenvalue weighted by Crippen LogP contribution is -2.16. The van der Waals surface area contributed by atoms with E-state index in [-0.39, 0.29) is 0 Å². The van der Waals surface area contributed by atoms with Gasteiger partial charge >= 0.3 is 0 Å². The first-order chi connectivity index (χ1) is 3.93. The molecule has 2 heteroatoms.